The molecule has 0 fully saturated rings. The summed E-state index contributed by atoms with van der Waals surface area (Å²) in [5.41, 5.74) is 5.15. The number of rotatable bonds is 3. The van der Waals surface area contributed by atoms with Gasteiger partial charge in [-0.15, -0.1) is 0 Å². The molecule has 0 spiro atoms. The van der Waals surface area contributed by atoms with Gasteiger partial charge in [0.25, 0.3) is 0 Å². The molecule has 19 heavy (non-hydrogen) atoms. The summed E-state index contributed by atoms with van der Waals surface area (Å²) in [6, 6.07) is 4.08. The minimum atomic E-state index is -0.854. The van der Waals surface area contributed by atoms with E-state index in [1.807, 2.05) is 0 Å². The molecule has 8 heteroatoms. The molecule has 1 aromatic heterocycles. The molecule has 0 saturated carbocycles. The summed E-state index contributed by atoms with van der Waals surface area (Å²) in [5, 5.41) is 2.66. The van der Waals surface area contributed by atoms with Crippen LogP contribution in [0.1, 0.15) is 5.56 Å². The fraction of sp³-hybridized carbons (Fsp3) is 0.182. The van der Waals surface area contributed by atoms with E-state index < -0.39 is 11.1 Å². The number of benzene rings is 1. The van der Waals surface area contributed by atoms with Crippen molar-refractivity contribution in [1.29, 1.82) is 0 Å². The fourth-order valence-corrected chi connectivity index (χ4v) is 2.35. The number of anilines is 1. The zero-order chi connectivity index (χ0) is 14.0. The summed E-state index contributed by atoms with van der Waals surface area (Å²) in [6.45, 7) is 0. The van der Waals surface area contributed by atoms with Crippen LogP contribution < -0.4 is 16.9 Å². The lowest BCUT2D eigenvalue weighted by molar-refractivity contribution is 0.596. The molecule has 1 aromatic carbocycles. The number of nitrogen functional groups attached to an aromatic ring is 1. The van der Waals surface area contributed by atoms with Crippen LogP contribution in [0.2, 0.25) is 0 Å². The van der Waals surface area contributed by atoms with Crippen molar-refractivity contribution in [3.8, 4) is 0 Å². The smallest absolute Gasteiger partial charge is 0.339 e. The van der Waals surface area contributed by atoms with E-state index in [0.717, 1.165) is 0 Å². The number of thioether (sulfide) groups is 1. The number of hydrogen-bond acceptors (Lipinski definition) is 5. The molecule has 0 radical (unpaired) electrons. The van der Waals surface area contributed by atoms with Crippen molar-refractivity contribution in [2.75, 3.05) is 5.73 Å². The molecule has 6 nitrogen and oxygen atoms in total. The van der Waals surface area contributed by atoms with E-state index in [0.29, 0.717) is 22.2 Å². The van der Waals surface area contributed by atoms with Gasteiger partial charge in [0.1, 0.15) is 5.82 Å². The van der Waals surface area contributed by atoms with E-state index in [1.54, 1.807) is 7.05 Å². The number of nitrogens with two attached hydrogens (primary N) is 1. The van der Waals surface area contributed by atoms with Crippen molar-refractivity contribution in [3.05, 3.63) is 50.3 Å². The van der Waals surface area contributed by atoms with Gasteiger partial charge in [0.05, 0.1) is 0 Å². The van der Waals surface area contributed by atoms with Gasteiger partial charge >= 0.3 is 11.1 Å². The molecule has 0 saturated heterocycles. The number of hydrogen-bond donors (Lipinski definition) is 2. The van der Waals surface area contributed by atoms with Gasteiger partial charge in [-0.2, -0.15) is 4.98 Å². The van der Waals surface area contributed by atoms with Crippen LogP contribution in [0.4, 0.5) is 10.1 Å². The van der Waals surface area contributed by atoms with Gasteiger partial charge < -0.3 is 5.73 Å². The predicted octanol–water partition coefficient (Wildman–Crippen LogP) is 0.482. The van der Waals surface area contributed by atoms with Gasteiger partial charge in [-0.05, 0) is 23.8 Å². The Morgan fingerprint density at radius 2 is 2.21 bits per heavy atom. The van der Waals surface area contributed by atoms with Crippen LogP contribution in [0.15, 0.2) is 32.9 Å². The van der Waals surface area contributed by atoms with Crippen molar-refractivity contribution in [1.82, 2.24) is 14.8 Å². The van der Waals surface area contributed by atoms with Gasteiger partial charge in [0.15, 0.2) is 5.16 Å². The zero-order valence-corrected chi connectivity index (χ0v) is 10.8. The van der Waals surface area contributed by atoms with E-state index in [-0.39, 0.29) is 5.82 Å². The van der Waals surface area contributed by atoms with Crippen LogP contribution in [0.5, 0.6) is 0 Å². The molecule has 0 aliphatic heterocycles. The summed E-state index contributed by atoms with van der Waals surface area (Å²) in [4.78, 5) is 25.8. The molecule has 0 amide bonds. The standard InChI is InChI=1S/C11H11FN4O2S/c1-16-11(14-9(17)10(18)15-16)19-5-6-4-7(12)2-3-8(6)13/h2-4H,5,13H2,1H3,(H,15,18). The first kappa shape index (κ1) is 13.3. The van der Waals surface area contributed by atoms with Crippen LogP contribution in [0.3, 0.4) is 0 Å². The van der Waals surface area contributed by atoms with Gasteiger partial charge in [0, 0.05) is 18.5 Å². The van der Waals surface area contributed by atoms with E-state index in [4.69, 9.17) is 5.73 Å². The van der Waals surface area contributed by atoms with Crippen LogP contribution >= 0.6 is 11.8 Å². The number of nitrogens with zero attached hydrogens (tertiary/aromatic N) is 2. The number of halogens is 1. The van der Waals surface area contributed by atoms with Gasteiger partial charge in [-0.1, -0.05) is 11.8 Å². The summed E-state index contributed by atoms with van der Waals surface area (Å²) >= 11 is 1.18. The second-order valence-corrected chi connectivity index (χ2v) is 4.77. The summed E-state index contributed by atoms with van der Waals surface area (Å²) in [7, 11) is 1.56. The average Bonchev–Trinajstić information content (AvgIpc) is 2.36. The third kappa shape index (κ3) is 3.02. The Morgan fingerprint density at radius 3 is 2.95 bits per heavy atom. The van der Waals surface area contributed by atoms with E-state index in [1.165, 1.54) is 34.6 Å². The fourth-order valence-electron chi connectivity index (χ4n) is 1.43. The van der Waals surface area contributed by atoms with E-state index >= 15 is 0 Å². The number of H-pyrrole nitrogens is 1. The van der Waals surface area contributed by atoms with Crippen molar-refractivity contribution in [2.24, 2.45) is 7.05 Å². The highest BCUT2D eigenvalue weighted by molar-refractivity contribution is 7.98. The topological polar surface area (TPSA) is 93.8 Å². The highest BCUT2D eigenvalue weighted by atomic mass is 32.2. The summed E-state index contributed by atoms with van der Waals surface area (Å²) in [5.74, 6) is -0.0382. The highest BCUT2D eigenvalue weighted by Gasteiger charge is 2.07. The third-order valence-corrected chi connectivity index (χ3v) is 3.49. The second kappa shape index (κ2) is 5.27. The molecule has 100 valence electrons. The van der Waals surface area contributed by atoms with E-state index in [2.05, 4.69) is 10.1 Å². The SMILES string of the molecule is Cn1[nH]c(=O)c(=O)nc1SCc1cc(F)ccc1N. The minimum Gasteiger partial charge on any atom is -0.398 e. The summed E-state index contributed by atoms with van der Waals surface area (Å²) in [6.07, 6.45) is 0. The highest BCUT2D eigenvalue weighted by Crippen LogP contribution is 2.23. The molecule has 0 aliphatic rings. The molecule has 0 bridgehead atoms. The molecular weight excluding hydrogens is 271 g/mol. The molecule has 2 rings (SSSR count). The third-order valence-electron chi connectivity index (χ3n) is 2.41. The summed E-state index contributed by atoms with van der Waals surface area (Å²) < 4.78 is 14.4. The lowest BCUT2D eigenvalue weighted by Crippen LogP contribution is -2.33. The van der Waals surface area contributed by atoms with Gasteiger partial charge in [0.2, 0.25) is 0 Å². The lowest BCUT2D eigenvalue weighted by atomic mass is 10.2. The molecule has 0 unspecified atom stereocenters. The van der Waals surface area contributed by atoms with Crippen molar-refractivity contribution in [2.45, 2.75) is 10.9 Å². The Morgan fingerprint density at radius 1 is 1.47 bits per heavy atom. The van der Waals surface area contributed by atoms with Gasteiger partial charge in [-0.25, -0.2) is 4.39 Å². The molecule has 3 N–H and O–H groups in total. The zero-order valence-electron chi connectivity index (χ0n) is 10.0. The molecule has 2 aromatic rings. The predicted molar refractivity (Wildman–Crippen MR) is 70.5 cm³/mol. The molecule has 0 aliphatic carbocycles. The lowest BCUT2D eigenvalue weighted by Gasteiger charge is -2.07. The maximum Gasteiger partial charge on any atom is 0.339 e. The Bertz CT molecular complexity index is 725. The Hall–Kier alpha value is -2.09. The molecule has 0 atom stereocenters. The molecule has 1 heterocycles. The quantitative estimate of drug-likeness (QED) is 0.485. The molecular formula is C11H11FN4O2S. The first-order valence-electron chi connectivity index (χ1n) is 5.31. The van der Waals surface area contributed by atoms with E-state index in [9.17, 15) is 14.0 Å². The van der Waals surface area contributed by atoms with Crippen molar-refractivity contribution >= 4 is 17.4 Å². The Balaban J connectivity index is 2.23. The monoisotopic (exact) mass is 282 g/mol. The number of aromatic nitrogens is 3. The normalized spacial score (nSPS) is 10.6. The van der Waals surface area contributed by atoms with Crippen LogP contribution in [-0.2, 0) is 12.8 Å². The van der Waals surface area contributed by atoms with Crippen molar-refractivity contribution in [3.63, 3.8) is 0 Å². The maximum absolute atomic E-state index is 13.1. The average molecular weight is 282 g/mol. The largest absolute Gasteiger partial charge is 0.398 e. The second-order valence-electron chi connectivity index (χ2n) is 3.83. The number of aryl methyl sites for hydroxylation is 1. The first-order chi connectivity index (χ1) is 8.97. The number of nitrogens with one attached hydrogen (secondary N) is 1. The first-order valence-corrected chi connectivity index (χ1v) is 6.30. The number of aromatic amines is 1. The van der Waals surface area contributed by atoms with Crippen molar-refractivity contribution < 1.29 is 4.39 Å². The minimum absolute atomic E-state index is 0.327. The van der Waals surface area contributed by atoms with Gasteiger partial charge in [-0.3, -0.25) is 19.4 Å². The Labute approximate surface area is 111 Å². The Kier molecular flexibility index (Phi) is 3.70. The van der Waals surface area contributed by atoms with Crippen LogP contribution in [0.25, 0.3) is 0 Å². The van der Waals surface area contributed by atoms with Crippen LogP contribution in [-0.4, -0.2) is 14.8 Å². The van der Waals surface area contributed by atoms with Crippen LogP contribution in [0, 0.1) is 5.82 Å². The maximum atomic E-state index is 13.1.